The lowest BCUT2D eigenvalue weighted by Crippen LogP contribution is -2.13. The Morgan fingerprint density at radius 3 is 2.53 bits per heavy atom. The Morgan fingerprint density at radius 2 is 2.00 bits per heavy atom. The molecule has 2 heteroatoms. The highest BCUT2D eigenvalue weighted by molar-refractivity contribution is 5.55. The fraction of sp³-hybridized carbons (Fsp3) is 0.462. The second-order valence-electron chi connectivity index (χ2n) is 4.06. The number of benzene rings is 1. The van der Waals surface area contributed by atoms with E-state index in [0.29, 0.717) is 5.92 Å². The van der Waals surface area contributed by atoms with Gasteiger partial charge in [0.05, 0.1) is 7.11 Å². The standard InChI is InChI=1S/C13H18O2/c1-10(2)12(9-14)8-11-6-4-5-7-13(11)15-3/h4-7,9-10,12H,8H2,1-3H3. The summed E-state index contributed by atoms with van der Waals surface area (Å²) in [5.74, 6) is 1.30. The van der Waals surface area contributed by atoms with Crippen LogP contribution in [0.2, 0.25) is 0 Å². The molecule has 0 aliphatic heterocycles. The van der Waals surface area contributed by atoms with Crippen LogP contribution in [0, 0.1) is 11.8 Å². The summed E-state index contributed by atoms with van der Waals surface area (Å²) in [6.07, 6.45) is 1.79. The smallest absolute Gasteiger partial charge is 0.123 e. The van der Waals surface area contributed by atoms with Gasteiger partial charge in [-0.15, -0.1) is 0 Å². The summed E-state index contributed by atoms with van der Waals surface area (Å²) in [4.78, 5) is 10.9. The lowest BCUT2D eigenvalue weighted by molar-refractivity contribution is -0.112. The predicted octanol–water partition coefficient (Wildman–Crippen LogP) is 2.71. The summed E-state index contributed by atoms with van der Waals surface area (Å²) in [5.41, 5.74) is 1.10. The third-order valence-corrected chi connectivity index (χ3v) is 2.68. The van der Waals surface area contributed by atoms with Gasteiger partial charge in [0.2, 0.25) is 0 Å². The fourth-order valence-corrected chi connectivity index (χ4v) is 1.57. The number of carbonyl (C=O) groups excluding carboxylic acids is 1. The Labute approximate surface area is 91.3 Å². The Hall–Kier alpha value is -1.31. The van der Waals surface area contributed by atoms with E-state index in [1.54, 1.807) is 7.11 Å². The molecule has 1 atom stereocenters. The van der Waals surface area contributed by atoms with E-state index in [-0.39, 0.29) is 5.92 Å². The topological polar surface area (TPSA) is 26.3 Å². The lowest BCUT2D eigenvalue weighted by atomic mass is 9.90. The number of para-hydroxylation sites is 1. The van der Waals surface area contributed by atoms with E-state index in [9.17, 15) is 4.79 Å². The maximum Gasteiger partial charge on any atom is 0.123 e. The van der Waals surface area contributed by atoms with Crippen molar-refractivity contribution in [3.63, 3.8) is 0 Å². The second kappa shape index (κ2) is 5.54. The number of methoxy groups -OCH3 is 1. The maximum absolute atomic E-state index is 10.9. The molecule has 0 bridgehead atoms. The largest absolute Gasteiger partial charge is 0.496 e. The van der Waals surface area contributed by atoms with Crippen LogP contribution in [0.3, 0.4) is 0 Å². The van der Waals surface area contributed by atoms with Gasteiger partial charge in [-0.05, 0) is 24.0 Å². The minimum atomic E-state index is 0.0706. The van der Waals surface area contributed by atoms with Gasteiger partial charge in [-0.1, -0.05) is 32.0 Å². The Bertz CT molecular complexity index is 318. The monoisotopic (exact) mass is 206 g/mol. The van der Waals surface area contributed by atoms with Crippen LogP contribution >= 0.6 is 0 Å². The zero-order valence-corrected chi connectivity index (χ0v) is 9.57. The summed E-state index contributed by atoms with van der Waals surface area (Å²) >= 11 is 0. The van der Waals surface area contributed by atoms with Crippen molar-refractivity contribution < 1.29 is 9.53 Å². The molecule has 0 saturated carbocycles. The molecule has 1 aromatic carbocycles. The highest BCUT2D eigenvalue weighted by Crippen LogP contribution is 2.23. The molecule has 0 aliphatic carbocycles. The van der Waals surface area contributed by atoms with Crippen LogP contribution in [0.5, 0.6) is 5.75 Å². The first-order valence-electron chi connectivity index (χ1n) is 5.26. The SMILES string of the molecule is COc1ccccc1CC(C=O)C(C)C. The highest BCUT2D eigenvalue weighted by atomic mass is 16.5. The highest BCUT2D eigenvalue weighted by Gasteiger charge is 2.14. The molecule has 1 unspecified atom stereocenters. The average Bonchev–Trinajstić information content (AvgIpc) is 2.25. The van der Waals surface area contributed by atoms with Gasteiger partial charge in [0.15, 0.2) is 0 Å². The summed E-state index contributed by atoms with van der Waals surface area (Å²) in [6.45, 7) is 4.13. The molecule has 0 radical (unpaired) electrons. The first kappa shape index (κ1) is 11.8. The average molecular weight is 206 g/mol. The number of carbonyl (C=O) groups is 1. The lowest BCUT2D eigenvalue weighted by Gasteiger charge is -2.15. The Morgan fingerprint density at radius 1 is 1.33 bits per heavy atom. The van der Waals surface area contributed by atoms with Crippen molar-refractivity contribution in [2.75, 3.05) is 7.11 Å². The van der Waals surface area contributed by atoms with Gasteiger partial charge in [0, 0.05) is 5.92 Å². The zero-order chi connectivity index (χ0) is 11.3. The fourth-order valence-electron chi connectivity index (χ4n) is 1.57. The van der Waals surface area contributed by atoms with E-state index in [1.165, 1.54) is 0 Å². The van der Waals surface area contributed by atoms with E-state index in [1.807, 2.05) is 24.3 Å². The van der Waals surface area contributed by atoms with Crippen LogP contribution in [-0.4, -0.2) is 13.4 Å². The van der Waals surface area contributed by atoms with Crippen LogP contribution in [0.4, 0.5) is 0 Å². The second-order valence-corrected chi connectivity index (χ2v) is 4.06. The Kier molecular flexibility index (Phi) is 4.35. The molecule has 0 spiro atoms. The number of hydrogen-bond acceptors (Lipinski definition) is 2. The molecule has 0 aromatic heterocycles. The molecule has 0 aliphatic rings. The molecule has 0 fully saturated rings. The number of hydrogen-bond donors (Lipinski definition) is 0. The van der Waals surface area contributed by atoms with E-state index in [0.717, 1.165) is 24.0 Å². The molecule has 82 valence electrons. The molecule has 0 N–H and O–H groups in total. The van der Waals surface area contributed by atoms with Gasteiger partial charge in [0.25, 0.3) is 0 Å². The van der Waals surface area contributed by atoms with Crippen LogP contribution in [0.15, 0.2) is 24.3 Å². The molecule has 15 heavy (non-hydrogen) atoms. The molecule has 0 heterocycles. The number of ether oxygens (including phenoxy) is 1. The molecule has 2 nitrogen and oxygen atoms in total. The van der Waals surface area contributed by atoms with E-state index in [4.69, 9.17) is 4.74 Å². The third kappa shape index (κ3) is 3.08. The van der Waals surface area contributed by atoms with Gasteiger partial charge in [-0.2, -0.15) is 0 Å². The van der Waals surface area contributed by atoms with E-state index < -0.39 is 0 Å². The van der Waals surface area contributed by atoms with Crippen molar-refractivity contribution in [2.24, 2.45) is 11.8 Å². The number of rotatable bonds is 5. The van der Waals surface area contributed by atoms with Gasteiger partial charge < -0.3 is 9.53 Å². The van der Waals surface area contributed by atoms with Crippen molar-refractivity contribution in [1.82, 2.24) is 0 Å². The number of aldehydes is 1. The molecule has 0 saturated heterocycles. The summed E-state index contributed by atoms with van der Waals surface area (Å²) < 4.78 is 5.25. The predicted molar refractivity (Wildman–Crippen MR) is 61.1 cm³/mol. The molecule has 1 aromatic rings. The van der Waals surface area contributed by atoms with E-state index >= 15 is 0 Å². The van der Waals surface area contributed by atoms with Crippen molar-refractivity contribution in [1.29, 1.82) is 0 Å². The van der Waals surface area contributed by atoms with Crippen molar-refractivity contribution in [2.45, 2.75) is 20.3 Å². The van der Waals surface area contributed by atoms with Crippen molar-refractivity contribution in [3.05, 3.63) is 29.8 Å². The minimum absolute atomic E-state index is 0.0706. The first-order chi connectivity index (χ1) is 7.19. The van der Waals surface area contributed by atoms with Crippen LogP contribution in [-0.2, 0) is 11.2 Å². The first-order valence-corrected chi connectivity index (χ1v) is 5.26. The molecule has 1 rings (SSSR count). The van der Waals surface area contributed by atoms with Crippen molar-refractivity contribution >= 4 is 6.29 Å². The molecular formula is C13H18O2. The summed E-state index contributed by atoms with van der Waals surface area (Å²) in [5, 5.41) is 0. The minimum Gasteiger partial charge on any atom is -0.496 e. The normalized spacial score (nSPS) is 12.5. The van der Waals surface area contributed by atoms with Gasteiger partial charge >= 0.3 is 0 Å². The Balaban J connectivity index is 2.82. The van der Waals surface area contributed by atoms with Crippen LogP contribution in [0.1, 0.15) is 19.4 Å². The zero-order valence-electron chi connectivity index (χ0n) is 9.57. The van der Waals surface area contributed by atoms with Crippen LogP contribution < -0.4 is 4.74 Å². The van der Waals surface area contributed by atoms with E-state index in [2.05, 4.69) is 13.8 Å². The maximum atomic E-state index is 10.9. The third-order valence-electron chi connectivity index (χ3n) is 2.68. The van der Waals surface area contributed by atoms with Crippen molar-refractivity contribution in [3.8, 4) is 5.75 Å². The molecular weight excluding hydrogens is 188 g/mol. The molecule has 0 amide bonds. The van der Waals surface area contributed by atoms with Gasteiger partial charge in [0.1, 0.15) is 12.0 Å². The summed E-state index contributed by atoms with van der Waals surface area (Å²) in [7, 11) is 1.66. The van der Waals surface area contributed by atoms with Crippen LogP contribution in [0.25, 0.3) is 0 Å². The summed E-state index contributed by atoms with van der Waals surface area (Å²) in [6, 6.07) is 7.85. The quantitative estimate of drug-likeness (QED) is 0.692. The van der Waals surface area contributed by atoms with Gasteiger partial charge in [-0.25, -0.2) is 0 Å². The van der Waals surface area contributed by atoms with Gasteiger partial charge in [-0.3, -0.25) is 0 Å².